The van der Waals surface area contributed by atoms with Crippen molar-refractivity contribution in [2.24, 2.45) is 0 Å². The number of hydrogen-bond acceptors (Lipinski definition) is 5. The van der Waals surface area contributed by atoms with Gasteiger partial charge in [0.2, 0.25) is 0 Å². The van der Waals surface area contributed by atoms with Crippen LogP contribution in [0, 0.1) is 0 Å². The van der Waals surface area contributed by atoms with Crippen molar-refractivity contribution in [3.8, 4) is 0 Å². The highest BCUT2D eigenvalue weighted by Crippen LogP contribution is 2.33. The van der Waals surface area contributed by atoms with Crippen LogP contribution in [0.4, 0.5) is 0 Å². The molecule has 0 radical (unpaired) electrons. The van der Waals surface area contributed by atoms with E-state index >= 15 is 0 Å². The molecule has 0 aromatic carbocycles. The van der Waals surface area contributed by atoms with Crippen LogP contribution >= 0.6 is 0 Å². The molecule has 1 fully saturated rings. The van der Waals surface area contributed by atoms with Crippen molar-refractivity contribution in [3.63, 3.8) is 0 Å². The SMILES string of the molecule is CC1(c2nc(CC(=O)O)no2)CCCCO1. The third kappa shape index (κ3) is 2.21. The van der Waals surface area contributed by atoms with Gasteiger partial charge in [-0.2, -0.15) is 4.98 Å². The van der Waals surface area contributed by atoms with Gasteiger partial charge >= 0.3 is 5.97 Å². The van der Waals surface area contributed by atoms with Crippen LogP contribution < -0.4 is 0 Å². The zero-order chi connectivity index (χ0) is 11.6. The third-order valence-electron chi connectivity index (χ3n) is 2.70. The normalized spacial score (nSPS) is 25.6. The second-order valence-electron chi connectivity index (χ2n) is 4.12. The molecule has 16 heavy (non-hydrogen) atoms. The zero-order valence-electron chi connectivity index (χ0n) is 9.10. The lowest BCUT2D eigenvalue weighted by atomic mass is 9.96. The van der Waals surface area contributed by atoms with E-state index in [1.807, 2.05) is 6.92 Å². The number of carboxylic acids is 1. The molecule has 2 rings (SSSR count). The number of aromatic nitrogens is 2. The first-order valence-corrected chi connectivity index (χ1v) is 5.29. The average molecular weight is 226 g/mol. The summed E-state index contributed by atoms with van der Waals surface area (Å²) in [5.74, 6) is -0.400. The fourth-order valence-electron chi connectivity index (χ4n) is 1.78. The van der Waals surface area contributed by atoms with E-state index in [1.165, 1.54) is 0 Å². The Morgan fingerprint density at radius 2 is 2.38 bits per heavy atom. The molecule has 1 atom stereocenters. The van der Waals surface area contributed by atoms with Crippen LogP contribution in [0.2, 0.25) is 0 Å². The Hall–Kier alpha value is -1.43. The van der Waals surface area contributed by atoms with E-state index in [2.05, 4.69) is 10.1 Å². The van der Waals surface area contributed by atoms with Crippen LogP contribution in [0.1, 0.15) is 37.9 Å². The van der Waals surface area contributed by atoms with Gasteiger partial charge in [-0.1, -0.05) is 5.16 Å². The molecule has 0 saturated carbocycles. The summed E-state index contributed by atoms with van der Waals surface area (Å²) in [5, 5.41) is 12.2. The van der Waals surface area contributed by atoms with Gasteiger partial charge in [-0.15, -0.1) is 0 Å². The molecule has 6 heteroatoms. The molecular weight excluding hydrogens is 212 g/mol. The summed E-state index contributed by atoms with van der Waals surface area (Å²) < 4.78 is 10.7. The quantitative estimate of drug-likeness (QED) is 0.831. The van der Waals surface area contributed by atoms with Gasteiger partial charge in [0.15, 0.2) is 5.82 Å². The van der Waals surface area contributed by atoms with E-state index in [1.54, 1.807) is 0 Å². The third-order valence-corrected chi connectivity index (χ3v) is 2.70. The van der Waals surface area contributed by atoms with Crippen molar-refractivity contribution in [2.75, 3.05) is 6.61 Å². The molecule has 1 aliphatic rings. The predicted octanol–water partition coefficient (Wildman–Crippen LogP) is 1.11. The molecule has 0 aliphatic carbocycles. The number of hydrogen-bond donors (Lipinski definition) is 1. The predicted molar refractivity (Wildman–Crippen MR) is 52.8 cm³/mol. The first-order chi connectivity index (χ1) is 7.60. The van der Waals surface area contributed by atoms with E-state index in [9.17, 15) is 4.79 Å². The minimum Gasteiger partial charge on any atom is -0.481 e. The molecule has 1 aromatic heterocycles. The second-order valence-corrected chi connectivity index (χ2v) is 4.12. The Morgan fingerprint density at radius 1 is 1.56 bits per heavy atom. The molecule has 0 spiro atoms. The van der Waals surface area contributed by atoms with E-state index in [-0.39, 0.29) is 12.2 Å². The molecule has 1 aromatic rings. The van der Waals surface area contributed by atoms with Gasteiger partial charge in [-0.05, 0) is 26.2 Å². The van der Waals surface area contributed by atoms with Crippen LogP contribution in [-0.2, 0) is 21.6 Å². The van der Waals surface area contributed by atoms with Gasteiger partial charge in [0.05, 0.1) is 0 Å². The van der Waals surface area contributed by atoms with Crippen molar-refractivity contribution in [1.29, 1.82) is 0 Å². The average Bonchev–Trinajstić information content (AvgIpc) is 2.67. The lowest BCUT2D eigenvalue weighted by molar-refractivity contribution is -0.136. The number of carboxylic acid groups (broad SMARTS) is 1. The standard InChI is InChI=1S/C10H14N2O4/c1-10(4-2-3-5-15-10)9-11-7(12-16-9)6-8(13)14/h2-6H2,1H3,(H,13,14). The minimum atomic E-state index is -0.970. The molecule has 0 amide bonds. The number of nitrogens with zero attached hydrogens (tertiary/aromatic N) is 2. The summed E-state index contributed by atoms with van der Waals surface area (Å²) in [6.07, 6.45) is 2.68. The zero-order valence-corrected chi connectivity index (χ0v) is 9.10. The first kappa shape index (κ1) is 11.1. The molecule has 2 heterocycles. The van der Waals surface area contributed by atoms with Gasteiger partial charge in [-0.3, -0.25) is 4.79 Å². The van der Waals surface area contributed by atoms with Crippen molar-refractivity contribution in [2.45, 2.75) is 38.2 Å². The lowest BCUT2D eigenvalue weighted by Crippen LogP contribution is -2.30. The topological polar surface area (TPSA) is 85.5 Å². The van der Waals surface area contributed by atoms with Crippen LogP contribution in [0.15, 0.2) is 4.52 Å². The number of carbonyl (C=O) groups is 1. The Balaban J connectivity index is 2.13. The minimum absolute atomic E-state index is 0.192. The number of ether oxygens (including phenoxy) is 1. The first-order valence-electron chi connectivity index (χ1n) is 5.29. The van der Waals surface area contributed by atoms with Crippen LogP contribution in [-0.4, -0.2) is 27.8 Å². The summed E-state index contributed by atoms with van der Waals surface area (Å²) in [6.45, 7) is 2.57. The molecule has 0 bridgehead atoms. The fraction of sp³-hybridized carbons (Fsp3) is 0.700. The monoisotopic (exact) mass is 226 g/mol. The van der Waals surface area contributed by atoms with Gasteiger partial charge in [0.1, 0.15) is 12.0 Å². The molecular formula is C10H14N2O4. The van der Waals surface area contributed by atoms with Gasteiger partial charge < -0.3 is 14.4 Å². The van der Waals surface area contributed by atoms with Crippen molar-refractivity contribution < 1.29 is 19.2 Å². The molecule has 1 saturated heterocycles. The maximum absolute atomic E-state index is 10.5. The number of rotatable bonds is 3. The highest BCUT2D eigenvalue weighted by atomic mass is 16.5. The summed E-state index contributed by atoms with van der Waals surface area (Å²) in [7, 11) is 0. The Kier molecular flexibility index (Phi) is 2.91. The largest absolute Gasteiger partial charge is 0.481 e. The molecule has 88 valence electrons. The summed E-state index contributed by atoms with van der Waals surface area (Å²) in [5.41, 5.74) is -0.554. The van der Waals surface area contributed by atoms with E-state index < -0.39 is 11.6 Å². The summed E-state index contributed by atoms with van der Waals surface area (Å²) in [6, 6.07) is 0. The maximum atomic E-state index is 10.5. The Bertz CT molecular complexity index is 382. The molecule has 1 unspecified atom stereocenters. The smallest absolute Gasteiger partial charge is 0.311 e. The van der Waals surface area contributed by atoms with E-state index in [4.69, 9.17) is 14.4 Å². The van der Waals surface area contributed by atoms with Crippen molar-refractivity contribution in [3.05, 3.63) is 11.7 Å². The van der Waals surface area contributed by atoms with E-state index in [0.717, 1.165) is 19.3 Å². The Labute approximate surface area is 92.6 Å². The molecule has 1 aliphatic heterocycles. The lowest BCUT2D eigenvalue weighted by Gasteiger charge is -2.29. The highest BCUT2D eigenvalue weighted by Gasteiger charge is 2.35. The summed E-state index contributed by atoms with van der Waals surface area (Å²) in [4.78, 5) is 14.5. The van der Waals surface area contributed by atoms with E-state index in [0.29, 0.717) is 12.5 Å². The van der Waals surface area contributed by atoms with Crippen molar-refractivity contribution >= 4 is 5.97 Å². The van der Waals surface area contributed by atoms with Gasteiger partial charge in [0.25, 0.3) is 5.89 Å². The van der Waals surface area contributed by atoms with Crippen molar-refractivity contribution in [1.82, 2.24) is 10.1 Å². The maximum Gasteiger partial charge on any atom is 0.311 e. The fourth-order valence-corrected chi connectivity index (χ4v) is 1.78. The van der Waals surface area contributed by atoms with Gasteiger partial charge in [-0.25, -0.2) is 0 Å². The molecule has 6 nitrogen and oxygen atoms in total. The molecule has 1 N–H and O–H groups in total. The van der Waals surface area contributed by atoms with Crippen LogP contribution in [0.5, 0.6) is 0 Å². The van der Waals surface area contributed by atoms with Crippen LogP contribution in [0.3, 0.4) is 0 Å². The summed E-state index contributed by atoms with van der Waals surface area (Å²) >= 11 is 0. The number of aliphatic carboxylic acids is 1. The van der Waals surface area contributed by atoms with Crippen LogP contribution in [0.25, 0.3) is 0 Å². The highest BCUT2D eigenvalue weighted by molar-refractivity contribution is 5.68. The van der Waals surface area contributed by atoms with Gasteiger partial charge in [0, 0.05) is 6.61 Å². The second kappa shape index (κ2) is 4.21. The Morgan fingerprint density at radius 3 is 3.00 bits per heavy atom.